The minimum Gasteiger partial charge on any atom is -0.310 e. The average Bonchev–Trinajstić information content (AvgIpc) is 2.57. The molecule has 1 amide bonds. The van der Waals surface area contributed by atoms with E-state index in [1.807, 2.05) is 6.92 Å². The van der Waals surface area contributed by atoms with Gasteiger partial charge in [-0.1, -0.05) is 18.2 Å². The molecule has 2 aromatic carbocycles. The van der Waals surface area contributed by atoms with Gasteiger partial charge in [0.05, 0.1) is 6.04 Å². The summed E-state index contributed by atoms with van der Waals surface area (Å²) in [5.41, 5.74) is 2.12. The summed E-state index contributed by atoms with van der Waals surface area (Å²) in [6.45, 7) is 5.32. The van der Waals surface area contributed by atoms with Crippen molar-refractivity contribution in [3.63, 3.8) is 0 Å². The first-order valence-corrected chi connectivity index (χ1v) is 8.02. The van der Waals surface area contributed by atoms with Crippen LogP contribution in [0.25, 0.3) is 0 Å². The number of nitrogens with zero attached hydrogens (tertiary/aromatic N) is 2. The lowest BCUT2D eigenvalue weighted by Gasteiger charge is -2.39. The van der Waals surface area contributed by atoms with Gasteiger partial charge in [-0.3, -0.25) is 9.69 Å². The van der Waals surface area contributed by atoms with Crippen molar-refractivity contribution in [3.05, 3.63) is 65.2 Å². The number of anilines is 1. The van der Waals surface area contributed by atoms with Gasteiger partial charge in [-0.2, -0.15) is 0 Å². The van der Waals surface area contributed by atoms with Gasteiger partial charge in [0, 0.05) is 25.3 Å². The van der Waals surface area contributed by atoms with E-state index in [0.717, 1.165) is 5.56 Å². The lowest BCUT2D eigenvalue weighted by Crippen LogP contribution is -2.55. The van der Waals surface area contributed by atoms with E-state index in [1.165, 1.54) is 18.2 Å². The number of amides is 1. The molecule has 0 aliphatic carbocycles. The smallest absolute Gasteiger partial charge is 0.244 e. The van der Waals surface area contributed by atoms with E-state index >= 15 is 0 Å². The molecule has 0 spiro atoms. The number of piperazine rings is 1. The SMILES string of the molecule is Cc1ccc(N2CCN(Cc3ccc(F)cc3)[C@@H](C)C2=O)cc1F. The molecule has 2 aromatic rings. The molecule has 126 valence electrons. The molecule has 1 aliphatic heterocycles. The number of carbonyl (C=O) groups is 1. The Morgan fingerprint density at radius 2 is 1.79 bits per heavy atom. The first-order chi connectivity index (χ1) is 11.5. The van der Waals surface area contributed by atoms with Crippen LogP contribution in [0.2, 0.25) is 0 Å². The Kier molecular flexibility index (Phi) is 4.62. The van der Waals surface area contributed by atoms with Crippen molar-refractivity contribution in [1.29, 1.82) is 0 Å². The molecule has 0 N–H and O–H groups in total. The lowest BCUT2D eigenvalue weighted by atomic mass is 10.1. The molecule has 5 heteroatoms. The number of aryl methyl sites for hydroxylation is 1. The molecule has 3 rings (SSSR count). The molecule has 1 atom stereocenters. The minimum atomic E-state index is -0.312. The monoisotopic (exact) mass is 330 g/mol. The summed E-state index contributed by atoms with van der Waals surface area (Å²) in [6.07, 6.45) is 0. The third kappa shape index (κ3) is 3.31. The van der Waals surface area contributed by atoms with Gasteiger partial charge >= 0.3 is 0 Å². The van der Waals surface area contributed by atoms with Crippen LogP contribution in [0.15, 0.2) is 42.5 Å². The zero-order valence-corrected chi connectivity index (χ0v) is 13.8. The van der Waals surface area contributed by atoms with Crippen molar-refractivity contribution in [3.8, 4) is 0 Å². The quantitative estimate of drug-likeness (QED) is 0.860. The van der Waals surface area contributed by atoms with E-state index in [1.54, 1.807) is 36.1 Å². The highest BCUT2D eigenvalue weighted by molar-refractivity contribution is 5.97. The van der Waals surface area contributed by atoms with Crippen molar-refractivity contribution in [2.45, 2.75) is 26.4 Å². The zero-order chi connectivity index (χ0) is 17.3. The molecule has 24 heavy (non-hydrogen) atoms. The number of hydrogen-bond acceptors (Lipinski definition) is 2. The fraction of sp³-hybridized carbons (Fsp3) is 0.316. The molecular formula is C19H20F2N2O. The molecule has 0 unspecified atom stereocenters. The Morgan fingerprint density at radius 1 is 1.08 bits per heavy atom. The maximum atomic E-state index is 13.8. The van der Waals surface area contributed by atoms with Crippen molar-refractivity contribution in [2.75, 3.05) is 18.0 Å². The van der Waals surface area contributed by atoms with E-state index in [9.17, 15) is 13.6 Å². The molecule has 1 heterocycles. The van der Waals surface area contributed by atoms with Crippen LogP contribution in [0.3, 0.4) is 0 Å². The molecule has 0 bridgehead atoms. The normalized spacial score (nSPS) is 18.9. The summed E-state index contributed by atoms with van der Waals surface area (Å²) in [5.74, 6) is -0.623. The van der Waals surface area contributed by atoms with Crippen LogP contribution in [0.1, 0.15) is 18.1 Å². The maximum Gasteiger partial charge on any atom is 0.244 e. The van der Waals surface area contributed by atoms with Gasteiger partial charge < -0.3 is 4.90 Å². The molecule has 1 saturated heterocycles. The van der Waals surface area contributed by atoms with E-state index in [-0.39, 0.29) is 23.6 Å². The molecular weight excluding hydrogens is 310 g/mol. The Labute approximate surface area is 140 Å². The first kappa shape index (κ1) is 16.6. The highest BCUT2D eigenvalue weighted by Crippen LogP contribution is 2.23. The van der Waals surface area contributed by atoms with E-state index in [2.05, 4.69) is 4.90 Å². The van der Waals surface area contributed by atoms with Gasteiger partial charge in [-0.15, -0.1) is 0 Å². The van der Waals surface area contributed by atoms with E-state index < -0.39 is 0 Å². The Bertz CT molecular complexity index is 746. The van der Waals surface area contributed by atoms with Crippen molar-refractivity contribution in [1.82, 2.24) is 4.90 Å². The average molecular weight is 330 g/mol. The van der Waals surface area contributed by atoms with Gasteiger partial charge in [0.1, 0.15) is 11.6 Å². The second kappa shape index (κ2) is 6.69. The molecule has 1 aliphatic rings. The zero-order valence-electron chi connectivity index (χ0n) is 13.8. The predicted molar refractivity (Wildman–Crippen MR) is 89.8 cm³/mol. The van der Waals surface area contributed by atoms with Crippen molar-refractivity contribution in [2.24, 2.45) is 0 Å². The Balaban J connectivity index is 1.73. The highest BCUT2D eigenvalue weighted by Gasteiger charge is 2.32. The van der Waals surface area contributed by atoms with Crippen LogP contribution in [0.5, 0.6) is 0 Å². The second-order valence-electron chi connectivity index (χ2n) is 6.20. The predicted octanol–water partition coefficient (Wildman–Crippen LogP) is 3.51. The summed E-state index contributed by atoms with van der Waals surface area (Å²) in [5, 5.41) is 0. The van der Waals surface area contributed by atoms with Crippen molar-refractivity contribution >= 4 is 11.6 Å². The Morgan fingerprint density at radius 3 is 2.46 bits per heavy atom. The minimum absolute atomic E-state index is 0.0494. The fourth-order valence-electron chi connectivity index (χ4n) is 2.96. The number of halogens is 2. The van der Waals surface area contributed by atoms with Crippen molar-refractivity contribution < 1.29 is 13.6 Å². The number of benzene rings is 2. The molecule has 0 radical (unpaired) electrons. The van der Waals surface area contributed by atoms with Gasteiger partial charge in [0.15, 0.2) is 0 Å². The highest BCUT2D eigenvalue weighted by atomic mass is 19.1. The maximum absolute atomic E-state index is 13.8. The summed E-state index contributed by atoms with van der Waals surface area (Å²) >= 11 is 0. The van der Waals surface area contributed by atoms with Crippen LogP contribution >= 0.6 is 0 Å². The van der Waals surface area contributed by atoms with Crippen LogP contribution in [-0.4, -0.2) is 29.9 Å². The van der Waals surface area contributed by atoms with Gasteiger partial charge in [0.2, 0.25) is 5.91 Å². The first-order valence-electron chi connectivity index (χ1n) is 8.02. The summed E-state index contributed by atoms with van der Waals surface area (Å²) in [6, 6.07) is 10.9. The topological polar surface area (TPSA) is 23.6 Å². The third-order valence-electron chi connectivity index (χ3n) is 4.55. The van der Waals surface area contributed by atoms with Crippen LogP contribution in [-0.2, 0) is 11.3 Å². The largest absolute Gasteiger partial charge is 0.310 e. The summed E-state index contributed by atoms with van der Waals surface area (Å²) < 4.78 is 26.8. The van der Waals surface area contributed by atoms with E-state index in [0.29, 0.717) is 30.9 Å². The van der Waals surface area contributed by atoms with E-state index in [4.69, 9.17) is 0 Å². The Hall–Kier alpha value is -2.27. The van der Waals surface area contributed by atoms with Crippen LogP contribution < -0.4 is 4.90 Å². The number of rotatable bonds is 3. The molecule has 0 aromatic heterocycles. The van der Waals surface area contributed by atoms with Crippen LogP contribution in [0.4, 0.5) is 14.5 Å². The van der Waals surface area contributed by atoms with Gasteiger partial charge in [-0.05, 0) is 49.2 Å². The number of hydrogen-bond donors (Lipinski definition) is 0. The van der Waals surface area contributed by atoms with Gasteiger partial charge in [-0.25, -0.2) is 8.78 Å². The summed E-state index contributed by atoms with van der Waals surface area (Å²) in [4.78, 5) is 16.4. The molecule has 3 nitrogen and oxygen atoms in total. The molecule has 0 saturated carbocycles. The fourth-order valence-corrected chi connectivity index (χ4v) is 2.96. The van der Waals surface area contributed by atoms with Gasteiger partial charge in [0.25, 0.3) is 0 Å². The molecule has 1 fully saturated rings. The van der Waals surface area contributed by atoms with Crippen LogP contribution in [0, 0.1) is 18.6 Å². The standard InChI is InChI=1S/C19H20F2N2O/c1-13-3-8-17(11-18(13)21)23-10-9-22(14(2)19(23)24)12-15-4-6-16(20)7-5-15/h3-8,11,14H,9-10,12H2,1-2H3/t14-/m0/s1. The lowest BCUT2D eigenvalue weighted by molar-refractivity contribution is -0.125. The second-order valence-corrected chi connectivity index (χ2v) is 6.20. The summed E-state index contributed by atoms with van der Waals surface area (Å²) in [7, 11) is 0. The third-order valence-corrected chi connectivity index (χ3v) is 4.55. The number of carbonyl (C=O) groups excluding carboxylic acids is 1.